The molecule has 0 atom stereocenters. The number of nitrogens with zero attached hydrogens (tertiary/aromatic N) is 5. The van der Waals surface area contributed by atoms with Gasteiger partial charge in [-0.05, 0) is 6.92 Å². The maximum Gasteiger partial charge on any atom is 0.194 e. The van der Waals surface area contributed by atoms with Crippen molar-refractivity contribution in [3.63, 3.8) is 0 Å². The van der Waals surface area contributed by atoms with Gasteiger partial charge < -0.3 is 0 Å². The van der Waals surface area contributed by atoms with Gasteiger partial charge in [-0.1, -0.05) is 30.3 Å². The largest absolute Gasteiger partial charge is 0.293 e. The summed E-state index contributed by atoms with van der Waals surface area (Å²) in [6.07, 6.45) is 5.07. The zero-order valence-corrected chi connectivity index (χ0v) is 15.4. The summed E-state index contributed by atoms with van der Waals surface area (Å²) in [5.41, 5.74) is 5.90. The Morgan fingerprint density at radius 2 is 2.04 bits per heavy atom. The third-order valence-corrected chi connectivity index (χ3v) is 5.74. The van der Waals surface area contributed by atoms with E-state index in [0.717, 1.165) is 48.1 Å². The summed E-state index contributed by atoms with van der Waals surface area (Å²) >= 11 is 1.69. The predicted octanol–water partition coefficient (Wildman–Crippen LogP) is 3.72. The minimum atomic E-state index is 0.824. The van der Waals surface area contributed by atoms with Crippen LogP contribution in [0.1, 0.15) is 22.6 Å². The minimum Gasteiger partial charge on any atom is -0.293 e. The number of thiazole rings is 1. The van der Waals surface area contributed by atoms with E-state index in [2.05, 4.69) is 49.9 Å². The van der Waals surface area contributed by atoms with Gasteiger partial charge in [-0.15, -0.1) is 11.3 Å². The highest BCUT2D eigenvalue weighted by atomic mass is 32.1. The molecule has 4 aromatic rings. The second kappa shape index (κ2) is 6.30. The van der Waals surface area contributed by atoms with Crippen LogP contribution < -0.4 is 0 Å². The van der Waals surface area contributed by atoms with Crippen LogP contribution in [0.4, 0.5) is 0 Å². The summed E-state index contributed by atoms with van der Waals surface area (Å²) in [7, 11) is 0. The number of aromatic nitrogens is 4. The first-order valence-electron chi connectivity index (χ1n) is 8.81. The zero-order chi connectivity index (χ0) is 17.5. The van der Waals surface area contributed by atoms with Crippen LogP contribution in [-0.2, 0) is 19.5 Å². The lowest BCUT2D eigenvalue weighted by molar-refractivity contribution is 0.239. The summed E-state index contributed by atoms with van der Waals surface area (Å²) < 4.78 is 2.21. The maximum atomic E-state index is 4.82. The molecule has 3 aromatic heterocycles. The SMILES string of the molecule is Cc1nc2sccn2c1CN1CCc2nc(-c3ccccc3)ncc2C1. The number of aryl methyl sites for hydroxylation is 1. The van der Waals surface area contributed by atoms with Crippen LogP contribution in [0.15, 0.2) is 48.1 Å². The molecule has 5 rings (SSSR count). The number of fused-ring (bicyclic) bond motifs is 2. The summed E-state index contributed by atoms with van der Waals surface area (Å²) in [5.74, 6) is 0.824. The van der Waals surface area contributed by atoms with Crippen LogP contribution in [-0.4, -0.2) is 30.8 Å². The first-order chi connectivity index (χ1) is 12.8. The molecule has 26 heavy (non-hydrogen) atoms. The van der Waals surface area contributed by atoms with Gasteiger partial charge in [-0.2, -0.15) is 0 Å². The van der Waals surface area contributed by atoms with E-state index < -0.39 is 0 Å². The molecule has 0 saturated carbocycles. The van der Waals surface area contributed by atoms with Gasteiger partial charge in [0, 0.05) is 55.0 Å². The molecular formula is C20H19N5S. The van der Waals surface area contributed by atoms with Crippen molar-refractivity contribution >= 4 is 16.3 Å². The van der Waals surface area contributed by atoms with Gasteiger partial charge in [0.25, 0.3) is 0 Å². The molecule has 0 spiro atoms. The maximum absolute atomic E-state index is 4.82. The highest BCUT2D eigenvalue weighted by Crippen LogP contribution is 2.24. The van der Waals surface area contributed by atoms with Crippen LogP contribution in [0, 0.1) is 6.92 Å². The lowest BCUT2D eigenvalue weighted by Crippen LogP contribution is -2.31. The molecule has 0 bridgehead atoms. The molecule has 0 saturated heterocycles. The average molecular weight is 361 g/mol. The highest BCUT2D eigenvalue weighted by molar-refractivity contribution is 7.15. The first-order valence-corrected chi connectivity index (χ1v) is 9.69. The summed E-state index contributed by atoms with van der Waals surface area (Å²) in [4.78, 5) is 17.6. The molecule has 0 radical (unpaired) electrons. The van der Waals surface area contributed by atoms with Crippen LogP contribution in [0.2, 0.25) is 0 Å². The molecule has 0 unspecified atom stereocenters. The zero-order valence-electron chi connectivity index (χ0n) is 14.6. The van der Waals surface area contributed by atoms with Crippen LogP contribution in [0.3, 0.4) is 0 Å². The summed E-state index contributed by atoms with van der Waals surface area (Å²) in [6, 6.07) is 10.2. The summed E-state index contributed by atoms with van der Waals surface area (Å²) in [5, 5.41) is 2.09. The van der Waals surface area contributed by atoms with Crippen molar-refractivity contribution in [3.05, 3.63) is 70.8 Å². The quantitative estimate of drug-likeness (QED) is 0.558. The van der Waals surface area contributed by atoms with Crippen molar-refractivity contribution < 1.29 is 0 Å². The smallest absolute Gasteiger partial charge is 0.194 e. The fourth-order valence-corrected chi connectivity index (χ4v) is 4.36. The standard InChI is InChI=1S/C20H19N5S/c1-14-18(25-9-10-26-20(25)22-14)13-24-8-7-17-16(12-24)11-21-19(23-17)15-5-3-2-4-6-15/h2-6,9-11H,7-8,12-13H2,1H3. The van der Waals surface area contributed by atoms with Crippen molar-refractivity contribution in [1.82, 2.24) is 24.3 Å². The van der Waals surface area contributed by atoms with E-state index in [1.807, 2.05) is 24.4 Å². The van der Waals surface area contributed by atoms with E-state index in [1.165, 1.54) is 17.0 Å². The lowest BCUT2D eigenvalue weighted by Gasteiger charge is -2.28. The van der Waals surface area contributed by atoms with E-state index >= 15 is 0 Å². The number of rotatable bonds is 3. The lowest BCUT2D eigenvalue weighted by atomic mass is 10.1. The third-order valence-electron chi connectivity index (χ3n) is 4.98. The topological polar surface area (TPSA) is 46.3 Å². The molecule has 0 aliphatic carbocycles. The monoisotopic (exact) mass is 361 g/mol. The average Bonchev–Trinajstić information content (AvgIpc) is 3.24. The Kier molecular flexibility index (Phi) is 3.80. The fraction of sp³-hybridized carbons (Fsp3) is 0.250. The Hall–Kier alpha value is -2.57. The molecular weight excluding hydrogens is 342 g/mol. The van der Waals surface area contributed by atoms with Gasteiger partial charge in [-0.3, -0.25) is 9.30 Å². The molecule has 0 fully saturated rings. The molecule has 1 aliphatic rings. The van der Waals surface area contributed by atoms with Gasteiger partial charge in [0.2, 0.25) is 0 Å². The van der Waals surface area contributed by atoms with Crippen molar-refractivity contribution in [3.8, 4) is 11.4 Å². The summed E-state index contributed by atoms with van der Waals surface area (Å²) in [6.45, 7) is 4.90. The molecule has 1 aliphatic heterocycles. The van der Waals surface area contributed by atoms with Crippen molar-refractivity contribution in [1.29, 1.82) is 0 Å². The fourth-order valence-electron chi connectivity index (χ4n) is 3.58. The second-order valence-electron chi connectivity index (χ2n) is 6.69. The van der Waals surface area contributed by atoms with Crippen molar-refractivity contribution in [2.75, 3.05) is 6.54 Å². The van der Waals surface area contributed by atoms with E-state index in [-0.39, 0.29) is 0 Å². The van der Waals surface area contributed by atoms with Crippen LogP contribution in [0.5, 0.6) is 0 Å². The second-order valence-corrected chi connectivity index (χ2v) is 7.56. The molecule has 0 N–H and O–H groups in total. The van der Waals surface area contributed by atoms with Crippen LogP contribution in [0.25, 0.3) is 16.3 Å². The van der Waals surface area contributed by atoms with Gasteiger partial charge in [0.05, 0.1) is 17.1 Å². The van der Waals surface area contributed by atoms with Gasteiger partial charge in [-0.25, -0.2) is 15.0 Å². The van der Waals surface area contributed by atoms with E-state index in [1.54, 1.807) is 11.3 Å². The molecule has 4 heterocycles. The Morgan fingerprint density at radius 3 is 2.92 bits per heavy atom. The van der Waals surface area contributed by atoms with Crippen molar-refractivity contribution in [2.45, 2.75) is 26.4 Å². The molecule has 1 aromatic carbocycles. The minimum absolute atomic E-state index is 0.824. The van der Waals surface area contributed by atoms with Crippen LogP contribution >= 0.6 is 11.3 Å². The van der Waals surface area contributed by atoms with Gasteiger partial charge in [0.1, 0.15) is 0 Å². The number of benzene rings is 1. The predicted molar refractivity (Wildman–Crippen MR) is 103 cm³/mol. The van der Waals surface area contributed by atoms with Gasteiger partial charge >= 0.3 is 0 Å². The normalized spacial score (nSPS) is 14.7. The number of hydrogen-bond acceptors (Lipinski definition) is 5. The van der Waals surface area contributed by atoms with E-state index in [4.69, 9.17) is 4.98 Å². The molecule has 5 nitrogen and oxygen atoms in total. The molecule has 6 heteroatoms. The van der Waals surface area contributed by atoms with E-state index in [0.29, 0.717) is 0 Å². The molecule has 130 valence electrons. The van der Waals surface area contributed by atoms with Crippen molar-refractivity contribution in [2.24, 2.45) is 0 Å². The highest BCUT2D eigenvalue weighted by Gasteiger charge is 2.21. The Bertz CT molecular complexity index is 1070. The Morgan fingerprint density at radius 1 is 1.15 bits per heavy atom. The number of hydrogen-bond donors (Lipinski definition) is 0. The van der Waals surface area contributed by atoms with E-state index in [9.17, 15) is 0 Å². The Labute approximate surface area is 156 Å². The third kappa shape index (κ3) is 2.71. The Balaban J connectivity index is 1.39. The first kappa shape index (κ1) is 15.7. The van der Waals surface area contributed by atoms with Gasteiger partial charge in [0.15, 0.2) is 10.8 Å². The number of imidazole rings is 1. The molecule has 0 amide bonds.